The summed E-state index contributed by atoms with van der Waals surface area (Å²) in [4.78, 5) is 0. The van der Waals surface area contributed by atoms with Crippen LogP contribution in [0.2, 0.25) is 0 Å². The normalized spacial score (nSPS) is 36.6. The molecule has 0 aliphatic heterocycles. The summed E-state index contributed by atoms with van der Waals surface area (Å²) in [7, 11) is 0. The summed E-state index contributed by atoms with van der Waals surface area (Å²) in [6.45, 7) is 3.94. The molecule has 4 atom stereocenters. The van der Waals surface area contributed by atoms with E-state index in [1.165, 1.54) is 12.8 Å². The average Bonchev–Trinajstić information content (AvgIpc) is 2.73. The first kappa shape index (κ1) is 10.2. The molecule has 2 bridgehead atoms. The van der Waals surface area contributed by atoms with Crippen molar-refractivity contribution in [2.24, 2.45) is 17.8 Å². The second kappa shape index (κ2) is 4.45. The van der Waals surface area contributed by atoms with E-state index in [0.29, 0.717) is 0 Å². The third kappa shape index (κ3) is 2.37. The number of aliphatic hydroxyl groups excluding tert-OH is 1. The molecule has 0 radical (unpaired) electrons. The molecule has 0 aromatic rings. The molecule has 0 amide bonds. The number of allylic oxidation sites excluding steroid dienone is 2. The van der Waals surface area contributed by atoms with Gasteiger partial charge in [0.2, 0.25) is 0 Å². The van der Waals surface area contributed by atoms with Crippen molar-refractivity contribution in [1.82, 2.24) is 5.32 Å². The van der Waals surface area contributed by atoms with Crippen LogP contribution in [-0.4, -0.2) is 24.3 Å². The van der Waals surface area contributed by atoms with Gasteiger partial charge in [0, 0.05) is 0 Å². The summed E-state index contributed by atoms with van der Waals surface area (Å²) in [6, 6.07) is 0. The predicted octanol–water partition coefficient (Wildman–Crippen LogP) is 1.56. The van der Waals surface area contributed by atoms with Crippen LogP contribution in [0.3, 0.4) is 0 Å². The molecule has 2 aliphatic carbocycles. The Morgan fingerprint density at radius 1 is 1.43 bits per heavy atom. The topological polar surface area (TPSA) is 32.3 Å². The van der Waals surface area contributed by atoms with E-state index >= 15 is 0 Å². The Hall–Kier alpha value is -0.340. The Labute approximate surface area is 86.4 Å². The van der Waals surface area contributed by atoms with Crippen molar-refractivity contribution in [1.29, 1.82) is 0 Å². The van der Waals surface area contributed by atoms with Crippen molar-refractivity contribution in [2.45, 2.75) is 32.3 Å². The summed E-state index contributed by atoms with van der Waals surface area (Å²) in [5, 5.41) is 12.5. The quantitative estimate of drug-likeness (QED) is 0.515. The lowest BCUT2D eigenvalue weighted by atomic mass is 9.93. The van der Waals surface area contributed by atoms with Gasteiger partial charge in [-0.15, -0.1) is 0 Å². The minimum absolute atomic E-state index is 0.164. The van der Waals surface area contributed by atoms with E-state index in [2.05, 4.69) is 17.5 Å². The van der Waals surface area contributed by atoms with Crippen molar-refractivity contribution in [3.63, 3.8) is 0 Å². The average molecular weight is 195 g/mol. The highest BCUT2D eigenvalue weighted by atomic mass is 16.3. The molecule has 1 fully saturated rings. The zero-order valence-corrected chi connectivity index (χ0v) is 8.95. The molecule has 0 unspecified atom stereocenters. The van der Waals surface area contributed by atoms with Gasteiger partial charge < -0.3 is 10.4 Å². The Morgan fingerprint density at radius 3 is 2.86 bits per heavy atom. The van der Waals surface area contributed by atoms with Gasteiger partial charge in [-0.05, 0) is 57.0 Å². The molecule has 0 aromatic carbocycles. The molecule has 2 heteroatoms. The smallest absolute Gasteiger partial charge is 0.0524 e. The lowest BCUT2D eigenvalue weighted by molar-refractivity contribution is 0.183. The molecular formula is C12H21NO. The summed E-state index contributed by atoms with van der Waals surface area (Å²) in [5.74, 6) is 2.58. The molecule has 0 heterocycles. The van der Waals surface area contributed by atoms with Crippen LogP contribution < -0.4 is 5.32 Å². The van der Waals surface area contributed by atoms with E-state index in [9.17, 15) is 0 Å². The van der Waals surface area contributed by atoms with E-state index in [1.807, 2.05) is 6.92 Å². The Bertz CT molecular complexity index is 212. The summed E-state index contributed by atoms with van der Waals surface area (Å²) >= 11 is 0. The fourth-order valence-electron chi connectivity index (χ4n) is 2.73. The molecule has 80 valence electrons. The first-order valence-electron chi connectivity index (χ1n) is 5.83. The van der Waals surface area contributed by atoms with Crippen molar-refractivity contribution < 1.29 is 5.11 Å². The number of hydrogen-bond donors (Lipinski definition) is 2. The predicted molar refractivity (Wildman–Crippen MR) is 58.0 cm³/mol. The van der Waals surface area contributed by atoms with Crippen molar-refractivity contribution >= 4 is 0 Å². The number of hydrogen-bond acceptors (Lipinski definition) is 2. The second-order valence-electron chi connectivity index (χ2n) is 4.88. The van der Waals surface area contributed by atoms with Crippen LogP contribution in [0.4, 0.5) is 0 Å². The van der Waals surface area contributed by atoms with Gasteiger partial charge in [-0.3, -0.25) is 0 Å². The number of rotatable bonds is 5. The van der Waals surface area contributed by atoms with Gasteiger partial charge in [0.25, 0.3) is 0 Å². The lowest BCUT2D eigenvalue weighted by Gasteiger charge is -2.18. The van der Waals surface area contributed by atoms with Crippen LogP contribution in [0.5, 0.6) is 0 Å². The number of nitrogens with one attached hydrogen (secondary N) is 1. The van der Waals surface area contributed by atoms with Crippen LogP contribution >= 0.6 is 0 Å². The highest BCUT2D eigenvalue weighted by molar-refractivity contribution is 5.10. The first-order chi connectivity index (χ1) is 6.75. The molecule has 1 saturated carbocycles. The molecule has 0 aromatic heterocycles. The van der Waals surface area contributed by atoms with Crippen LogP contribution in [0.15, 0.2) is 12.2 Å². The van der Waals surface area contributed by atoms with Gasteiger partial charge in [0.1, 0.15) is 0 Å². The van der Waals surface area contributed by atoms with Gasteiger partial charge in [-0.1, -0.05) is 12.2 Å². The SMILES string of the molecule is C[C@@H](O)CCNC[C@@H]1C[C@H]2C=C[C@H]1C2. The molecule has 2 rings (SSSR count). The van der Waals surface area contributed by atoms with E-state index in [-0.39, 0.29) is 6.10 Å². The Morgan fingerprint density at radius 2 is 2.29 bits per heavy atom. The molecule has 14 heavy (non-hydrogen) atoms. The van der Waals surface area contributed by atoms with Crippen LogP contribution in [0.1, 0.15) is 26.2 Å². The molecule has 2 aliphatic rings. The van der Waals surface area contributed by atoms with Crippen LogP contribution in [0, 0.1) is 17.8 Å². The van der Waals surface area contributed by atoms with E-state index in [1.54, 1.807) is 0 Å². The van der Waals surface area contributed by atoms with E-state index in [0.717, 1.165) is 37.3 Å². The monoisotopic (exact) mass is 195 g/mol. The molecule has 2 N–H and O–H groups in total. The van der Waals surface area contributed by atoms with E-state index in [4.69, 9.17) is 5.11 Å². The highest BCUT2D eigenvalue weighted by Crippen LogP contribution is 2.42. The van der Waals surface area contributed by atoms with Gasteiger partial charge >= 0.3 is 0 Å². The third-order valence-electron chi connectivity index (χ3n) is 3.56. The van der Waals surface area contributed by atoms with Crippen molar-refractivity contribution in [2.75, 3.05) is 13.1 Å². The molecule has 2 nitrogen and oxygen atoms in total. The summed E-state index contributed by atoms with van der Waals surface area (Å²) in [5.41, 5.74) is 0. The number of fused-ring (bicyclic) bond motifs is 2. The van der Waals surface area contributed by atoms with Crippen LogP contribution in [-0.2, 0) is 0 Å². The van der Waals surface area contributed by atoms with Gasteiger partial charge in [-0.25, -0.2) is 0 Å². The molecule has 0 saturated heterocycles. The van der Waals surface area contributed by atoms with Crippen LogP contribution in [0.25, 0.3) is 0 Å². The Kier molecular flexibility index (Phi) is 3.24. The maximum absolute atomic E-state index is 9.10. The van der Waals surface area contributed by atoms with Crippen molar-refractivity contribution in [3.8, 4) is 0 Å². The van der Waals surface area contributed by atoms with Gasteiger partial charge in [0.15, 0.2) is 0 Å². The first-order valence-corrected chi connectivity index (χ1v) is 5.83. The van der Waals surface area contributed by atoms with Gasteiger partial charge in [-0.2, -0.15) is 0 Å². The maximum atomic E-state index is 9.10. The fourth-order valence-corrected chi connectivity index (χ4v) is 2.73. The Balaban J connectivity index is 1.61. The zero-order chi connectivity index (χ0) is 9.97. The van der Waals surface area contributed by atoms with Gasteiger partial charge in [0.05, 0.1) is 6.10 Å². The third-order valence-corrected chi connectivity index (χ3v) is 3.56. The van der Waals surface area contributed by atoms with Crippen molar-refractivity contribution in [3.05, 3.63) is 12.2 Å². The standard InChI is InChI=1S/C12H21NO/c1-9(14)4-5-13-8-12-7-10-2-3-11(12)6-10/h2-3,9-14H,4-8H2,1H3/t9-,10+,11+,12+/m1/s1. The largest absolute Gasteiger partial charge is 0.393 e. The number of aliphatic hydroxyl groups is 1. The second-order valence-corrected chi connectivity index (χ2v) is 4.88. The zero-order valence-electron chi connectivity index (χ0n) is 8.95. The minimum atomic E-state index is -0.164. The molecule has 0 spiro atoms. The summed E-state index contributed by atoms with van der Waals surface area (Å²) in [6.07, 6.45) is 8.26. The van der Waals surface area contributed by atoms with E-state index < -0.39 is 0 Å². The minimum Gasteiger partial charge on any atom is -0.393 e. The molecular weight excluding hydrogens is 174 g/mol. The lowest BCUT2D eigenvalue weighted by Crippen LogP contribution is -2.27. The highest BCUT2D eigenvalue weighted by Gasteiger charge is 2.34. The fraction of sp³-hybridized carbons (Fsp3) is 0.833. The summed E-state index contributed by atoms with van der Waals surface area (Å²) < 4.78 is 0. The maximum Gasteiger partial charge on any atom is 0.0524 e.